The Kier molecular flexibility index (Phi) is 4.96. The monoisotopic (exact) mass is 257 g/mol. The zero-order chi connectivity index (χ0) is 12.9. The Bertz CT molecular complexity index is 469. The van der Waals surface area contributed by atoms with Gasteiger partial charge in [-0.25, -0.2) is 8.42 Å². The van der Waals surface area contributed by atoms with Crippen molar-refractivity contribution in [2.45, 2.75) is 24.7 Å². The maximum Gasteiger partial charge on any atom is 0.180 e. The smallest absolute Gasteiger partial charge is 0.180 e. The predicted octanol–water partition coefficient (Wildman–Crippen LogP) is 1.78. The Morgan fingerprint density at radius 1 is 1.29 bits per heavy atom. The average Bonchev–Trinajstić information content (AvgIpc) is 2.24. The number of hydrogen-bond acceptors (Lipinski definition) is 4. The van der Waals surface area contributed by atoms with Crippen molar-refractivity contribution in [2.24, 2.45) is 0 Å². The molecular formula is C12H19NO3S. The van der Waals surface area contributed by atoms with Gasteiger partial charge in [0.15, 0.2) is 9.84 Å². The average molecular weight is 257 g/mol. The van der Waals surface area contributed by atoms with E-state index in [1.54, 1.807) is 25.3 Å². The molecule has 1 aromatic carbocycles. The van der Waals surface area contributed by atoms with Crippen molar-refractivity contribution in [2.75, 3.05) is 25.2 Å². The van der Waals surface area contributed by atoms with E-state index in [4.69, 9.17) is 10.5 Å². The molecule has 2 N–H and O–H groups in total. The summed E-state index contributed by atoms with van der Waals surface area (Å²) in [6.07, 6.45) is 1.32. The summed E-state index contributed by atoms with van der Waals surface area (Å²) in [5.41, 5.74) is 7.02. The lowest BCUT2D eigenvalue weighted by Crippen LogP contribution is -2.10. The Labute approximate surface area is 103 Å². The number of benzene rings is 1. The van der Waals surface area contributed by atoms with Crippen LogP contribution in [0.25, 0.3) is 0 Å². The molecule has 1 aromatic rings. The normalized spacial score (nSPS) is 11.6. The van der Waals surface area contributed by atoms with Gasteiger partial charge in [0, 0.05) is 13.7 Å². The van der Waals surface area contributed by atoms with Crippen molar-refractivity contribution >= 4 is 15.5 Å². The molecule has 5 heteroatoms. The van der Waals surface area contributed by atoms with Crippen molar-refractivity contribution < 1.29 is 13.2 Å². The molecule has 0 aromatic heterocycles. The Balaban J connectivity index is 2.76. The summed E-state index contributed by atoms with van der Waals surface area (Å²) in [6.45, 7) is 2.46. The molecule has 4 nitrogen and oxygen atoms in total. The van der Waals surface area contributed by atoms with Crippen molar-refractivity contribution in [1.82, 2.24) is 0 Å². The number of rotatable bonds is 6. The molecule has 17 heavy (non-hydrogen) atoms. The summed E-state index contributed by atoms with van der Waals surface area (Å²) >= 11 is 0. The van der Waals surface area contributed by atoms with Crippen LogP contribution in [0.5, 0.6) is 0 Å². The summed E-state index contributed by atoms with van der Waals surface area (Å²) in [5.74, 6) is 0.115. The summed E-state index contributed by atoms with van der Waals surface area (Å²) in [5, 5.41) is 0. The zero-order valence-corrected chi connectivity index (χ0v) is 11.1. The minimum absolute atomic E-state index is 0.115. The summed E-state index contributed by atoms with van der Waals surface area (Å²) in [4.78, 5) is 0.237. The number of nitrogens with two attached hydrogens (primary N) is 1. The Morgan fingerprint density at radius 2 is 2.00 bits per heavy atom. The first-order valence-corrected chi connectivity index (χ1v) is 7.20. The Morgan fingerprint density at radius 3 is 2.59 bits per heavy atom. The van der Waals surface area contributed by atoms with E-state index in [1.165, 1.54) is 0 Å². The van der Waals surface area contributed by atoms with Crippen LogP contribution in [-0.2, 0) is 14.6 Å². The second kappa shape index (κ2) is 6.02. The number of unbranched alkanes of at least 4 members (excludes halogenated alkanes) is 1. The third-order valence-corrected chi connectivity index (χ3v) is 4.38. The highest BCUT2D eigenvalue weighted by atomic mass is 32.2. The van der Waals surface area contributed by atoms with Crippen molar-refractivity contribution in [3.05, 3.63) is 23.8 Å². The number of sulfone groups is 1. The van der Waals surface area contributed by atoms with Gasteiger partial charge in [0.05, 0.1) is 16.3 Å². The fourth-order valence-corrected chi connectivity index (χ4v) is 3.10. The van der Waals surface area contributed by atoms with Gasteiger partial charge < -0.3 is 10.5 Å². The number of anilines is 1. The summed E-state index contributed by atoms with van der Waals surface area (Å²) < 4.78 is 28.9. The highest BCUT2D eigenvalue weighted by molar-refractivity contribution is 7.91. The number of nitrogen functional groups attached to an aromatic ring is 1. The quantitative estimate of drug-likeness (QED) is 0.623. The maximum absolute atomic E-state index is 12.0. The topological polar surface area (TPSA) is 69.4 Å². The lowest BCUT2D eigenvalue weighted by Gasteiger charge is -2.08. The van der Waals surface area contributed by atoms with Crippen LogP contribution in [0.4, 0.5) is 5.69 Å². The molecule has 0 amide bonds. The second-order valence-electron chi connectivity index (χ2n) is 4.06. The zero-order valence-electron chi connectivity index (χ0n) is 10.3. The van der Waals surface area contributed by atoms with E-state index in [-0.39, 0.29) is 10.6 Å². The van der Waals surface area contributed by atoms with E-state index in [9.17, 15) is 8.42 Å². The van der Waals surface area contributed by atoms with Crippen molar-refractivity contribution in [1.29, 1.82) is 0 Å². The number of aryl methyl sites for hydroxylation is 1. The number of methoxy groups -OCH3 is 1. The van der Waals surface area contributed by atoms with Crippen LogP contribution in [0, 0.1) is 6.92 Å². The van der Waals surface area contributed by atoms with Gasteiger partial charge in [-0.1, -0.05) is 6.07 Å². The highest BCUT2D eigenvalue weighted by Gasteiger charge is 2.16. The lowest BCUT2D eigenvalue weighted by molar-refractivity contribution is 0.194. The van der Waals surface area contributed by atoms with E-state index >= 15 is 0 Å². The molecule has 0 aliphatic carbocycles. The van der Waals surface area contributed by atoms with Crippen LogP contribution in [-0.4, -0.2) is 27.9 Å². The van der Waals surface area contributed by atoms with Crippen molar-refractivity contribution in [3.63, 3.8) is 0 Å². The summed E-state index contributed by atoms with van der Waals surface area (Å²) in [6, 6.07) is 5.02. The number of ether oxygens (including phenoxy) is 1. The largest absolute Gasteiger partial charge is 0.398 e. The van der Waals surface area contributed by atoms with Gasteiger partial charge in [-0.05, 0) is 37.5 Å². The van der Waals surface area contributed by atoms with E-state index in [2.05, 4.69) is 0 Å². The van der Waals surface area contributed by atoms with E-state index in [0.717, 1.165) is 12.0 Å². The van der Waals surface area contributed by atoms with Crippen LogP contribution in [0.1, 0.15) is 18.4 Å². The fourth-order valence-electron chi connectivity index (χ4n) is 1.60. The molecule has 0 atom stereocenters. The molecule has 0 bridgehead atoms. The van der Waals surface area contributed by atoms with E-state index in [0.29, 0.717) is 18.7 Å². The van der Waals surface area contributed by atoms with Crippen LogP contribution < -0.4 is 5.73 Å². The SMILES string of the molecule is COCCCCS(=O)(=O)c1ccc(C)cc1N. The summed E-state index contributed by atoms with van der Waals surface area (Å²) in [7, 11) is -1.67. The molecule has 0 radical (unpaired) electrons. The van der Waals surface area contributed by atoms with Crippen LogP contribution in [0.3, 0.4) is 0 Å². The molecule has 0 aliphatic heterocycles. The number of hydrogen-bond donors (Lipinski definition) is 1. The molecule has 0 heterocycles. The minimum atomic E-state index is -3.27. The van der Waals surface area contributed by atoms with Gasteiger partial charge in [0.25, 0.3) is 0 Å². The molecule has 96 valence electrons. The third kappa shape index (κ3) is 4.02. The first-order chi connectivity index (χ1) is 7.97. The van der Waals surface area contributed by atoms with Crippen LogP contribution in [0.15, 0.2) is 23.1 Å². The molecular weight excluding hydrogens is 238 g/mol. The predicted molar refractivity (Wildman–Crippen MR) is 68.8 cm³/mol. The van der Waals surface area contributed by atoms with E-state index in [1.807, 2.05) is 6.92 Å². The first-order valence-electron chi connectivity index (χ1n) is 5.55. The van der Waals surface area contributed by atoms with Gasteiger partial charge >= 0.3 is 0 Å². The van der Waals surface area contributed by atoms with Gasteiger partial charge in [-0.3, -0.25) is 0 Å². The first kappa shape index (κ1) is 14.0. The van der Waals surface area contributed by atoms with Gasteiger partial charge in [0.2, 0.25) is 0 Å². The molecule has 1 rings (SSSR count). The molecule has 0 spiro atoms. The molecule has 0 aliphatic rings. The van der Waals surface area contributed by atoms with Crippen LogP contribution >= 0.6 is 0 Å². The van der Waals surface area contributed by atoms with Crippen molar-refractivity contribution in [3.8, 4) is 0 Å². The third-order valence-electron chi connectivity index (χ3n) is 2.51. The molecule has 0 fully saturated rings. The highest BCUT2D eigenvalue weighted by Crippen LogP contribution is 2.21. The standard InChI is InChI=1S/C12H19NO3S/c1-10-5-6-12(11(13)9-10)17(14,15)8-4-3-7-16-2/h5-6,9H,3-4,7-8,13H2,1-2H3. The Hall–Kier alpha value is -1.07. The minimum Gasteiger partial charge on any atom is -0.398 e. The van der Waals surface area contributed by atoms with Gasteiger partial charge in [-0.2, -0.15) is 0 Å². The molecule has 0 unspecified atom stereocenters. The van der Waals surface area contributed by atoms with E-state index < -0.39 is 9.84 Å². The second-order valence-corrected chi connectivity index (χ2v) is 6.14. The molecule has 0 saturated carbocycles. The maximum atomic E-state index is 12.0. The van der Waals surface area contributed by atoms with Gasteiger partial charge in [-0.15, -0.1) is 0 Å². The molecule has 0 saturated heterocycles. The van der Waals surface area contributed by atoms with Crippen LogP contribution in [0.2, 0.25) is 0 Å². The van der Waals surface area contributed by atoms with Gasteiger partial charge in [0.1, 0.15) is 0 Å². The lowest BCUT2D eigenvalue weighted by atomic mass is 10.2. The fraction of sp³-hybridized carbons (Fsp3) is 0.500.